The van der Waals surface area contributed by atoms with Gasteiger partial charge in [0.05, 0.1) is 11.6 Å². The summed E-state index contributed by atoms with van der Waals surface area (Å²) in [7, 11) is 0. The molecule has 0 saturated carbocycles. The van der Waals surface area contributed by atoms with Crippen LogP contribution in [0.3, 0.4) is 0 Å². The summed E-state index contributed by atoms with van der Waals surface area (Å²) in [5, 5.41) is 17.3. The number of anilines is 1. The molecule has 0 aliphatic carbocycles. The molecule has 2 aromatic heterocycles. The molecule has 2 heterocycles. The van der Waals surface area contributed by atoms with Gasteiger partial charge in [-0.1, -0.05) is 42.9 Å². The Bertz CT molecular complexity index is 918. The van der Waals surface area contributed by atoms with Crippen molar-refractivity contribution in [3.63, 3.8) is 0 Å². The van der Waals surface area contributed by atoms with Gasteiger partial charge in [0.1, 0.15) is 11.6 Å². The molecular weight excluding hydrogens is 326 g/mol. The van der Waals surface area contributed by atoms with Gasteiger partial charge >= 0.3 is 0 Å². The highest BCUT2D eigenvalue weighted by atomic mass is 32.1. The number of aromatic nitrogens is 4. The first-order valence-electron chi connectivity index (χ1n) is 7.74. The zero-order valence-electron chi connectivity index (χ0n) is 13.2. The molecule has 7 nitrogen and oxygen atoms in total. The fourth-order valence-corrected chi connectivity index (χ4v) is 3.07. The summed E-state index contributed by atoms with van der Waals surface area (Å²) in [6.07, 6.45) is 4.56. The van der Waals surface area contributed by atoms with E-state index in [1.807, 2.05) is 12.1 Å². The van der Waals surface area contributed by atoms with Crippen LogP contribution in [-0.2, 0) is 17.8 Å². The minimum absolute atomic E-state index is 0.159. The Hall–Kier alpha value is -2.61. The Morgan fingerprint density at radius 1 is 1.29 bits per heavy atom. The van der Waals surface area contributed by atoms with Gasteiger partial charge in [0, 0.05) is 11.8 Å². The summed E-state index contributed by atoms with van der Waals surface area (Å²) in [5.74, 6) is -0.349. The number of aryl methyl sites for hydroxylation is 1. The first kappa shape index (κ1) is 16.3. The average Bonchev–Trinajstić information content (AvgIpc) is 3.03. The normalized spacial score (nSPS) is 10.9. The quantitative estimate of drug-likeness (QED) is 0.741. The Kier molecular flexibility index (Phi) is 4.95. The number of benzene rings is 1. The van der Waals surface area contributed by atoms with Crippen molar-refractivity contribution < 1.29 is 4.79 Å². The molecule has 0 spiro atoms. The Labute approximate surface area is 142 Å². The Morgan fingerprint density at radius 2 is 2.12 bits per heavy atom. The number of unbranched alkanes of at least 4 members (excludes halogenated alkanes) is 1. The number of nitrogens with one attached hydrogen (secondary N) is 1. The molecule has 0 unspecified atom stereocenters. The second-order valence-electron chi connectivity index (χ2n) is 5.35. The number of hydrogen-bond acceptors (Lipinski definition) is 6. The SMILES string of the molecule is CCCCc1nnc(NC(=O)Cn2ncc3ccccc3c2=O)s1. The molecule has 0 fully saturated rings. The van der Waals surface area contributed by atoms with E-state index in [0.717, 1.165) is 34.3 Å². The maximum atomic E-state index is 12.3. The third kappa shape index (κ3) is 3.65. The highest BCUT2D eigenvalue weighted by molar-refractivity contribution is 7.15. The number of rotatable bonds is 6. The van der Waals surface area contributed by atoms with Crippen molar-refractivity contribution in [1.29, 1.82) is 0 Å². The van der Waals surface area contributed by atoms with Crippen molar-refractivity contribution in [2.24, 2.45) is 0 Å². The van der Waals surface area contributed by atoms with Crippen molar-refractivity contribution in [3.05, 3.63) is 45.8 Å². The highest BCUT2D eigenvalue weighted by Crippen LogP contribution is 2.17. The molecule has 8 heteroatoms. The first-order chi connectivity index (χ1) is 11.7. The third-order valence-electron chi connectivity index (χ3n) is 3.51. The second kappa shape index (κ2) is 7.31. The van der Waals surface area contributed by atoms with Crippen molar-refractivity contribution in [2.45, 2.75) is 32.7 Å². The zero-order chi connectivity index (χ0) is 16.9. The number of carbonyl (C=O) groups is 1. The van der Waals surface area contributed by atoms with Gasteiger partial charge in [-0.2, -0.15) is 5.10 Å². The molecular formula is C16H17N5O2S. The second-order valence-corrected chi connectivity index (χ2v) is 6.41. The van der Waals surface area contributed by atoms with Gasteiger partial charge in [-0.05, 0) is 12.5 Å². The van der Waals surface area contributed by atoms with Crippen LogP contribution < -0.4 is 10.9 Å². The topological polar surface area (TPSA) is 89.8 Å². The molecule has 0 bridgehead atoms. The lowest BCUT2D eigenvalue weighted by atomic mass is 10.2. The van der Waals surface area contributed by atoms with E-state index in [9.17, 15) is 9.59 Å². The standard InChI is InChI=1S/C16H17N5O2S/c1-2-3-8-14-19-20-16(24-14)18-13(22)10-21-15(23)12-7-5-4-6-11(12)9-17-21/h4-7,9H,2-3,8,10H2,1H3,(H,18,20,22). The van der Waals surface area contributed by atoms with E-state index in [-0.39, 0.29) is 18.0 Å². The van der Waals surface area contributed by atoms with Crippen LogP contribution in [0.4, 0.5) is 5.13 Å². The molecule has 124 valence electrons. The predicted octanol–water partition coefficient (Wildman–Crippen LogP) is 2.23. The number of carbonyl (C=O) groups excluding carboxylic acids is 1. The number of hydrogen-bond donors (Lipinski definition) is 1. The van der Waals surface area contributed by atoms with Crippen molar-refractivity contribution in [3.8, 4) is 0 Å². The molecule has 3 aromatic rings. The van der Waals surface area contributed by atoms with E-state index < -0.39 is 0 Å². The largest absolute Gasteiger partial charge is 0.299 e. The van der Waals surface area contributed by atoms with E-state index in [1.165, 1.54) is 11.3 Å². The number of amides is 1. The fraction of sp³-hybridized carbons (Fsp3) is 0.312. The van der Waals surface area contributed by atoms with Gasteiger partial charge < -0.3 is 0 Å². The lowest BCUT2D eigenvalue weighted by molar-refractivity contribution is -0.117. The van der Waals surface area contributed by atoms with E-state index >= 15 is 0 Å². The van der Waals surface area contributed by atoms with E-state index in [2.05, 4.69) is 27.5 Å². The van der Waals surface area contributed by atoms with Crippen molar-refractivity contribution in [2.75, 3.05) is 5.32 Å². The summed E-state index contributed by atoms with van der Waals surface area (Å²) < 4.78 is 1.15. The molecule has 0 aliphatic heterocycles. The molecule has 0 radical (unpaired) electrons. The summed E-state index contributed by atoms with van der Waals surface area (Å²) in [6, 6.07) is 7.16. The maximum Gasteiger partial charge on any atom is 0.275 e. The first-order valence-corrected chi connectivity index (χ1v) is 8.56. The van der Waals surface area contributed by atoms with Crippen molar-refractivity contribution >= 4 is 33.1 Å². The number of nitrogens with zero attached hydrogens (tertiary/aromatic N) is 4. The fourth-order valence-electron chi connectivity index (χ4n) is 2.27. The molecule has 24 heavy (non-hydrogen) atoms. The van der Waals surface area contributed by atoms with Crippen LogP contribution in [0.1, 0.15) is 24.8 Å². The molecule has 1 amide bonds. The van der Waals surface area contributed by atoms with Crippen LogP contribution in [0.25, 0.3) is 10.8 Å². The van der Waals surface area contributed by atoms with Gasteiger partial charge in [-0.25, -0.2) is 4.68 Å². The highest BCUT2D eigenvalue weighted by Gasteiger charge is 2.11. The molecule has 1 aromatic carbocycles. The smallest absolute Gasteiger partial charge is 0.275 e. The summed E-state index contributed by atoms with van der Waals surface area (Å²) in [4.78, 5) is 24.5. The number of fused-ring (bicyclic) bond motifs is 1. The third-order valence-corrected chi connectivity index (χ3v) is 4.41. The van der Waals surface area contributed by atoms with E-state index in [0.29, 0.717) is 10.5 Å². The molecule has 1 N–H and O–H groups in total. The van der Waals surface area contributed by atoms with Crippen LogP contribution in [0, 0.1) is 0 Å². The van der Waals surface area contributed by atoms with Gasteiger partial charge in [-0.15, -0.1) is 10.2 Å². The van der Waals surface area contributed by atoms with Crippen LogP contribution in [0.2, 0.25) is 0 Å². The van der Waals surface area contributed by atoms with E-state index in [1.54, 1.807) is 18.3 Å². The monoisotopic (exact) mass is 343 g/mol. The van der Waals surface area contributed by atoms with Gasteiger partial charge in [0.2, 0.25) is 11.0 Å². The molecule has 0 aliphatic rings. The Morgan fingerprint density at radius 3 is 2.96 bits per heavy atom. The zero-order valence-corrected chi connectivity index (χ0v) is 14.0. The van der Waals surface area contributed by atoms with E-state index in [4.69, 9.17) is 0 Å². The molecule has 0 saturated heterocycles. The lowest BCUT2D eigenvalue weighted by Gasteiger charge is -2.05. The Balaban J connectivity index is 1.70. The minimum atomic E-state index is -0.349. The summed E-state index contributed by atoms with van der Waals surface area (Å²) in [6.45, 7) is 1.95. The van der Waals surface area contributed by atoms with Gasteiger partial charge in [0.15, 0.2) is 0 Å². The summed E-state index contributed by atoms with van der Waals surface area (Å²) in [5.41, 5.74) is -0.288. The minimum Gasteiger partial charge on any atom is -0.299 e. The van der Waals surface area contributed by atoms with Gasteiger partial charge in [0.25, 0.3) is 5.56 Å². The average molecular weight is 343 g/mol. The van der Waals surface area contributed by atoms with Crippen molar-refractivity contribution in [1.82, 2.24) is 20.0 Å². The molecule has 3 rings (SSSR count). The molecule has 0 atom stereocenters. The van der Waals surface area contributed by atoms with Crippen LogP contribution in [0.5, 0.6) is 0 Å². The van der Waals surface area contributed by atoms with Crippen LogP contribution >= 0.6 is 11.3 Å². The maximum absolute atomic E-state index is 12.3. The van der Waals surface area contributed by atoms with Crippen LogP contribution in [-0.4, -0.2) is 25.9 Å². The summed E-state index contributed by atoms with van der Waals surface area (Å²) >= 11 is 1.36. The van der Waals surface area contributed by atoms with Gasteiger partial charge in [-0.3, -0.25) is 14.9 Å². The lowest BCUT2D eigenvalue weighted by Crippen LogP contribution is -2.29. The van der Waals surface area contributed by atoms with Crippen LogP contribution in [0.15, 0.2) is 35.3 Å². The predicted molar refractivity (Wildman–Crippen MR) is 93.2 cm³/mol.